The molecule has 0 amide bonds. The number of hydrogen-bond donors (Lipinski definition) is 0. The summed E-state index contributed by atoms with van der Waals surface area (Å²) >= 11 is 0. The summed E-state index contributed by atoms with van der Waals surface area (Å²) in [7, 11) is 0. The molecule has 0 radical (unpaired) electrons. The Labute approximate surface area is 185 Å². The number of ether oxygens (including phenoxy) is 1. The van der Waals surface area contributed by atoms with E-state index in [9.17, 15) is 4.79 Å². The van der Waals surface area contributed by atoms with Gasteiger partial charge in [-0.2, -0.15) is 0 Å². The van der Waals surface area contributed by atoms with Crippen molar-refractivity contribution >= 4 is 5.97 Å². The van der Waals surface area contributed by atoms with Crippen molar-refractivity contribution < 1.29 is 9.53 Å². The molecule has 0 heterocycles. The van der Waals surface area contributed by atoms with Crippen LogP contribution in [-0.4, -0.2) is 5.97 Å². The molecular formula is C28H44O2. The molecule has 2 aliphatic carbocycles. The molecule has 3 rings (SSSR count). The first kappa shape index (κ1) is 23.4. The molecule has 2 fully saturated rings. The number of carbonyl (C=O) groups excluding carboxylic acids is 1. The van der Waals surface area contributed by atoms with E-state index in [1.54, 1.807) is 0 Å². The molecule has 0 aliphatic heterocycles. The molecule has 2 aliphatic rings. The third-order valence-electron chi connectivity index (χ3n) is 7.81. The van der Waals surface area contributed by atoms with Gasteiger partial charge in [0.2, 0.25) is 0 Å². The molecule has 2 heteroatoms. The lowest BCUT2D eigenvalue weighted by Gasteiger charge is -2.37. The molecule has 30 heavy (non-hydrogen) atoms. The van der Waals surface area contributed by atoms with E-state index in [0.29, 0.717) is 5.75 Å². The van der Waals surface area contributed by atoms with Crippen LogP contribution < -0.4 is 4.74 Å². The van der Waals surface area contributed by atoms with E-state index in [4.69, 9.17) is 4.74 Å². The van der Waals surface area contributed by atoms with E-state index in [1.165, 1.54) is 76.2 Å². The van der Waals surface area contributed by atoms with Crippen molar-refractivity contribution in [1.82, 2.24) is 0 Å². The molecular weight excluding hydrogens is 368 g/mol. The molecule has 1 aromatic rings. The molecule has 2 nitrogen and oxygen atoms in total. The summed E-state index contributed by atoms with van der Waals surface area (Å²) < 4.78 is 5.70. The normalized spacial score (nSPS) is 27.0. The zero-order valence-corrected chi connectivity index (χ0v) is 19.5. The van der Waals surface area contributed by atoms with Gasteiger partial charge >= 0.3 is 5.97 Å². The van der Waals surface area contributed by atoms with Crippen LogP contribution in [0.2, 0.25) is 0 Å². The van der Waals surface area contributed by atoms with Gasteiger partial charge in [-0.05, 0) is 80.4 Å². The molecule has 0 unspecified atom stereocenters. The second kappa shape index (κ2) is 12.5. The Morgan fingerprint density at radius 1 is 0.800 bits per heavy atom. The fraction of sp³-hybridized carbons (Fsp3) is 0.750. The third kappa shape index (κ3) is 7.13. The van der Waals surface area contributed by atoms with Crippen LogP contribution in [0.4, 0.5) is 0 Å². The number of rotatable bonds is 10. The molecule has 0 spiro atoms. The van der Waals surface area contributed by atoms with E-state index in [2.05, 4.69) is 26.0 Å². The van der Waals surface area contributed by atoms with Gasteiger partial charge in [-0.3, -0.25) is 4.79 Å². The maximum absolute atomic E-state index is 12.6. The van der Waals surface area contributed by atoms with Gasteiger partial charge < -0.3 is 4.74 Å². The molecule has 0 N–H and O–H groups in total. The Balaban J connectivity index is 1.35. The number of aryl methyl sites for hydroxylation is 1. The minimum atomic E-state index is -0.00696. The second-order valence-electron chi connectivity index (χ2n) is 10.1. The van der Waals surface area contributed by atoms with Gasteiger partial charge in [0.1, 0.15) is 5.75 Å². The summed E-state index contributed by atoms with van der Waals surface area (Å²) in [5.41, 5.74) is 1.31. The summed E-state index contributed by atoms with van der Waals surface area (Å²) in [6.45, 7) is 4.48. The average Bonchev–Trinajstić information content (AvgIpc) is 2.79. The van der Waals surface area contributed by atoms with Crippen LogP contribution in [0.1, 0.15) is 109 Å². The lowest BCUT2D eigenvalue weighted by atomic mass is 9.68. The van der Waals surface area contributed by atoms with Crippen molar-refractivity contribution in [3.63, 3.8) is 0 Å². The maximum Gasteiger partial charge on any atom is 0.314 e. The molecule has 0 bridgehead atoms. The van der Waals surface area contributed by atoms with Gasteiger partial charge in [0.25, 0.3) is 0 Å². The Morgan fingerprint density at radius 2 is 1.43 bits per heavy atom. The number of carbonyl (C=O) groups is 1. The zero-order chi connectivity index (χ0) is 21.2. The van der Waals surface area contributed by atoms with E-state index < -0.39 is 0 Å². The van der Waals surface area contributed by atoms with Crippen LogP contribution in [0, 0.1) is 23.7 Å². The Morgan fingerprint density at radius 3 is 2.03 bits per heavy atom. The van der Waals surface area contributed by atoms with Gasteiger partial charge in [-0.1, -0.05) is 77.3 Å². The molecule has 1 aromatic carbocycles. The summed E-state index contributed by atoms with van der Waals surface area (Å²) in [5, 5.41) is 0. The minimum Gasteiger partial charge on any atom is -0.426 e. The standard InChI is InChI=1S/C28H44O2/c1-3-5-6-7-9-23-10-14-24(15-11-23)25-16-18-26(19-17-25)28(29)30-27-20-12-22(8-4-2)13-21-27/h12-13,20-21,23-26H,3-11,14-19H2,1-2H3. The van der Waals surface area contributed by atoms with Crippen molar-refractivity contribution in [2.24, 2.45) is 23.7 Å². The van der Waals surface area contributed by atoms with E-state index in [1.807, 2.05) is 12.1 Å². The lowest BCUT2D eigenvalue weighted by Crippen LogP contribution is -2.30. The van der Waals surface area contributed by atoms with Crippen LogP contribution in [0.25, 0.3) is 0 Å². The van der Waals surface area contributed by atoms with Gasteiger partial charge in [-0.15, -0.1) is 0 Å². The van der Waals surface area contributed by atoms with Gasteiger partial charge in [0.05, 0.1) is 5.92 Å². The third-order valence-corrected chi connectivity index (χ3v) is 7.81. The van der Waals surface area contributed by atoms with Crippen molar-refractivity contribution in [2.75, 3.05) is 0 Å². The molecule has 0 atom stereocenters. The smallest absolute Gasteiger partial charge is 0.314 e. The van der Waals surface area contributed by atoms with E-state index >= 15 is 0 Å². The van der Waals surface area contributed by atoms with Crippen molar-refractivity contribution in [3.05, 3.63) is 29.8 Å². The topological polar surface area (TPSA) is 26.3 Å². The highest BCUT2D eigenvalue weighted by atomic mass is 16.5. The van der Waals surface area contributed by atoms with Crippen LogP contribution in [0.3, 0.4) is 0 Å². The highest BCUT2D eigenvalue weighted by Crippen LogP contribution is 2.42. The highest BCUT2D eigenvalue weighted by molar-refractivity contribution is 5.75. The molecule has 0 aromatic heterocycles. The fourth-order valence-corrected chi connectivity index (χ4v) is 5.85. The van der Waals surface area contributed by atoms with Gasteiger partial charge in [0, 0.05) is 0 Å². The first-order valence-electron chi connectivity index (χ1n) is 13.0. The summed E-state index contributed by atoms with van der Waals surface area (Å²) in [5.74, 6) is 3.56. The van der Waals surface area contributed by atoms with Crippen molar-refractivity contribution in [3.8, 4) is 5.75 Å². The van der Waals surface area contributed by atoms with Crippen LogP contribution in [0.15, 0.2) is 24.3 Å². The van der Waals surface area contributed by atoms with Gasteiger partial charge in [0.15, 0.2) is 0 Å². The monoisotopic (exact) mass is 412 g/mol. The van der Waals surface area contributed by atoms with Crippen LogP contribution >= 0.6 is 0 Å². The van der Waals surface area contributed by atoms with Gasteiger partial charge in [-0.25, -0.2) is 0 Å². The lowest BCUT2D eigenvalue weighted by molar-refractivity contribution is -0.140. The molecule has 168 valence electrons. The summed E-state index contributed by atoms with van der Waals surface area (Å²) in [4.78, 5) is 12.6. The number of benzene rings is 1. The Hall–Kier alpha value is -1.31. The van der Waals surface area contributed by atoms with Crippen molar-refractivity contribution in [2.45, 2.75) is 110 Å². The first-order chi connectivity index (χ1) is 14.7. The summed E-state index contributed by atoms with van der Waals surface area (Å²) in [6.07, 6.45) is 19.6. The highest BCUT2D eigenvalue weighted by Gasteiger charge is 2.33. The largest absolute Gasteiger partial charge is 0.426 e. The van der Waals surface area contributed by atoms with E-state index in [0.717, 1.165) is 43.4 Å². The predicted molar refractivity (Wildman–Crippen MR) is 126 cm³/mol. The Bertz CT molecular complexity index is 604. The number of unbranched alkanes of at least 4 members (excludes halogenated alkanes) is 3. The minimum absolute atomic E-state index is 0.00696. The van der Waals surface area contributed by atoms with Crippen LogP contribution in [-0.2, 0) is 11.2 Å². The summed E-state index contributed by atoms with van der Waals surface area (Å²) in [6, 6.07) is 8.08. The first-order valence-corrected chi connectivity index (χ1v) is 13.0. The average molecular weight is 413 g/mol. The number of hydrogen-bond acceptors (Lipinski definition) is 2. The maximum atomic E-state index is 12.6. The molecule has 0 saturated heterocycles. The van der Waals surface area contributed by atoms with Crippen LogP contribution in [0.5, 0.6) is 5.75 Å². The van der Waals surface area contributed by atoms with Crippen molar-refractivity contribution in [1.29, 1.82) is 0 Å². The quantitative estimate of drug-likeness (QED) is 0.220. The SMILES string of the molecule is CCCCCCC1CCC(C2CCC(C(=O)Oc3ccc(CCC)cc3)CC2)CC1. The molecule has 2 saturated carbocycles. The fourth-order valence-electron chi connectivity index (χ4n) is 5.85. The number of esters is 1. The second-order valence-corrected chi connectivity index (χ2v) is 10.1. The predicted octanol–water partition coefficient (Wildman–Crippen LogP) is 8.13. The zero-order valence-electron chi connectivity index (χ0n) is 19.5. The Kier molecular flexibility index (Phi) is 9.75. The van der Waals surface area contributed by atoms with E-state index in [-0.39, 0.29) is 11.9 Å².